The molecule has 2 rings (SSSR count). The molecule has 80 valence electrons. The summed E-state index contributed by atoms with van der Waals surface area (Å²) in [6, 6.07) is 9.47. The second-order valence-electron chi connectivity index (χ2n) is 3.12. The normalized spacial score (nSPS) is 9.75. The van der Waals surface area contributed by atoms with E-state index in [4.69, 9.17) is 14.5 Å². The van der Waals surface area contributed by atoms with Crippen molar-refractivity contribution < 1.29 is 9.26 Å². The number of aromatic nitrogens is 1. The van der Waals surface area contributed by atoms with Crippen LogP contribution < -0.4 is 4.74 Å². The average molecular weight is 214 g/mol. The second-order valence-corrected chi connectivity index (χ2v) is 3.12. The minimum Gasteiger partial charge on any atom is -0.493 e. The van der Waals surface area contributed by atoms with Gasteiger partial charge in [-0.1, -0.05) is 17.3 Å². The van der Waals surface area contributed by atoms with E-state index in [0.717, 1.165) is 5.56 Å². The van der Waals surface area contributed by atoms with E-state index in [1.807, 2.05) is 37.3 Å². The zero-order valence-electron chi connectivity index (χ0n) is 8.80. The van der Waals surface area contributed by atoms with Gasteiger partial charge in [0.2, 0.25) is 0 Å². The zero-order chi connectivity index (χ0) is 11.4. The number of para-hydroxylation sites is 1. The quantitative estimate of drug-likeness (QED) is 0.787. The summed E-state index contributed by atoms with van der Waals surface area (Å²) >= 11 is 0. The third-order valence-corrected chi connectivity index (χ3v) is 2.13. The van der Waals surface area contributed by atoms with E-state index in [9.17, 15) is 0 Å². The lowest BCUT2D eigenvalue weighted by Crippen LogP contribution is -1.94. The molecule has 0 spiro atoms. The van der Waals surface area contributed by atoms with Gasteiger partial charge in [0.15, 0.2) is 0 Å². The van der Waals surface area contributed by atoms with E-state index >= 15 is 0 Å². The molecule has 16 heavy (non-hydrogen) atoms. The van der Waals surface area contributed by atoms with Crippen LogP contribution in [0.3, 0.4) is 0 Å². The molecule has 1 aromatic carbocycles. The highest BCUT2D eigenvalue weighted by atomic mass is 16.5. The van der Waals surface area contributed by atoms with Gasteiger partial charge < -0.3 is 9.26 Å². The molecule has 0 aliphatic rings. The lowest BCUT2D eigenvalue weighted by molar-refractivity contribution is 0.341. The number of hydrogen-bond donors (Lipinski definition) is 0. The van der Waals surface area contributed by atoms with Crippen molar-refractivity contribution in [3.8, 4) is 23.1 Å². The molecule has 1 aromatic heterocycles. The highest BCUT2D eigenvalue weighted by Gasteiger charge is 2.13. The monoisotopic (exact) mass is 214 g/mol. The van der Waals surface area contributed by atoms with Gasteiger partial charge in [-0.3, -0.25) is 0 Å². The van der Waals surface area contributed by atoms with Crippen molar-refractivity contribution in [2.45, 2.75) is 6.92 Å². The maximum absolute atomic E-state index is 8.90. The van der Waals surface area contributed by atoms with Gasteiger partial charge in [-0.15, -0.1) is 0 Å². The first-order valence-corrected chi connectivity index (χ1v) is 4.93. The predicted octanol–water partition coefficient (Wildman–Crippen LogP) is 2.61. The molecule has 0 amide bonds. The second kappa shape index (κ2) is 4.49. The van der Waals surface area contributed by atoms with Crippen LogP contribution in [-0.4, -0.2) is 11.8 Å². The van der Waals surface area contributed by atoms with Crippen LogP contribution in [0.2, 0.25) is 0 Å². The molecule has 0 unspecified atom stereocenters. The fraction of sp³-hybridized carbons (Fsp3) is 0.167. The van der Waals surface area contributed by atoms with Crippen LogP contribution in [0.1, 0.15) is 12.5 Å². The Balaban J connectivity index is 2.52. The Kier molecular flexibility index (Phi) is 2.88. The summed E-state index contributed by atoms with van der Waals surface area (Å²) in [7, 11) is 0. The van der Waals surface area contributed by atoms with Gasteiger partial charge in [-0.25, -0.2) is 0 Å². The van der Waals surface area contributed by atoms with Gasteiger partial charge in [0.05, 0.1) is 6.61 Å². The molecular formula is C12H10N2O2. The van der Waals surface area contributed by atoms with Crippen molar-refractivity contribution in [1.29, 1.82) is 5.26 Å². The fourth-order valence-electron chi connectivity index (χ4n) is 1.45. The number of hydrogen-bond acceptors (Lipinski definition) is 4. The first-order chi connectivity index (χ1) is 7.86. The van der Waals surface area contributed by atoms with Gasteiger partial charge in [0, 0.05) is 5.56 Å². The summed E-state index contributed by atoms with van der Waals surface area (Å²) in [6.45, 7) is 2.47. The number of ether oxygens (including phenoxy) is 1. The first-order valence-electron chi connectivity index (χ1n) is 4.93. The van der Waals surface area contributed by atoms with Crippen LogP contribution in [0.5, 0.6) is 5.75 Å². The number of rotatable bonds is 3. The molecule has 1 heterocycles. The fourth-order valence-corrected chi connectivity index (χ4v) is 1.45. The Morgan fingerprint density at radius 2 is 2.25 bits per heavy atom. The Morgan fingerprint density at radius 1 is 1.44 bits per heavy atom. The molecule has 0 radical (unpaired) electrons. The Hall–Kier alpha value is -2.28. The van der Waals surface area contributed by atoms with Gasteiger partial charge in [-0.05, 0) is 19.1 Å². The molecule has 0 saturated heterocycles. The van der Waals surface area contributed by atoms with Crippen LogP contribution in [0, 0.1) is 11.3 Å². The van der Waals surface area contributed by atoms with E-state index in [2.05, 4.69) is 5.16 Å². The standard InChI is InChI=1S/C12H10N2O2/c1-2-15-11-6-4-3-5-10(11)12-9(7-13)8-16-14-12/h3-6,8H,2H2,1H3. The smallest absolute Gasteiger partial charge is 0.142 e. The first kappa shape index (κ1) is 10.2. The maximum Gasteiger partial charge on any atom is 0.142 e. The zero-order valence-corrected chi connectivity index (χ0v) is 8.80. The molecular weight excluding hydrogens is 204 g/mol. The van der Waals surface area contributed by atoms with Crippen LogP contribution >= 0.6 is 0 Å². The molecule has 0 saturated carbocycles. The van der Waals surface area contributed by atoms with E-state index in [1.54, 1.807) is 0 Å². The molecule has 0 aliphatic heterocycles. The van der Waals surface area contributed by atoms with E-state index in [-0.39, 0.29) is 0 Å². The van der Waals surface area contributed by atoms with Gasteiger partial charge >= 0.3 is 0 Å². The van der Waals surface area contributed by atoms with Crippen LogP contribution in [0.4, 0.5) is 0 Å². The molecule has 0 bridgehead atoms. The average Bonchev–Trinajstić information content (AvgIpc) is 2.78. The van der Waals surface area contributed by atoms with Gasteiger partial charge in [-0.2, -0.15) is 5.26 Å². The lowest BCUT2D eigenvalue weighted by atomic mass is 10.1. The lowest BCUT2D eigenvalue weighted by Gasteiger charge is -2.07. The third kappa shape index (κ3) is 1.75. The van der Waals surface area contributed by atoms with Crippen molar-refractivity contribution in [2.75, 3.05) is 6.61 Å². The summed E-state index contributed by atoms with van der Waals surface area (Å²) in [5, 5.41) is 12.7. The molecule has 0 fully saturated rings. The summed E-state index contributed by atoms with van der Waals surface area (Å²) in [5.74, 6) is 0.704. The molecule has 4 nitrogen and oxygen atoms in total. The topological polar surface area (TPSA) is 59.1 Å². The highest BCUT2D eigenvalue weighted by molar-refractivity contribution is 5.71. The molecule has 2 aromatic rings. The molecule has 4 heteroatoms. The summed E-state index contributed by atoms with van der Waals surface area (Å²) in [6.07, 6.45) is 1.33. The number of nitriles is 1. The van der Waals surface area contributed by atoms with Gasteiger partial charge in [0.1, 0.15) is 29.3 Å². The van der Waals surface area contributed by atoms with Crippen LogP contribution in [-0.2, 0) is 0 Å². The van der Waals surface area contributed by atoms with Crippen molar-refractivity contribution >= 4 is 0 Å². The summed E-state index contributed by atoms with van der Waals surface area (Å²) < 4.78 is 10.3. The predicted molar refractivity (Wildman–Crippen MR) is 57.8 cm³/mol. The summed E-state index contributed by atoms with van der Waals surface area (Å²) in [4.78, 5) is 0. The van der Waals surface area contributed by atoms with Crippen LogP contribution in [0.15, 0.2) is 35.1 Å². The third-order valence-electron chi connectivity index (χ3n) is 2.13. The van der Waals surface area contributed by atoms with Crippen molar-refractivity contribution in [2.24, 2.45) is 0 Å². The van der Waals surface area contributed by atoms with Crippen molar-refractivity contribution in [3.05, 3.63) is 36.1 Å². The molecule has 0 N–H and O–H groups in total. The number of benzene rings is 1. The minimum atomic E-state index is 0.409. The molecule has 0 aliphatic carbocycles. The van der Waals surface area contributed by atoms with Crippen LogP contribution in [0.25, 0.3) is 11.3 Å². The van der Waals surface area contributed by atoms with E-state index in [1.165, 1.54) is 6.26 Å². The van der Waals surface area contributed by atoms with Crippen molar-refractivity contribution in [3.63, 3.8) is 0 Å². The van der Waals surface area contributed by atoms with E-state index < -0.39 is 0 Å². The maximum atomic E-state index is 8.90. The minimum absolute atomic E-state index is 0.409. The summed E-state index contributed by atoms with van der Waals surface area (Å²) in [5.41, 5.74) is 1.70. The Bertz CT molecular complexity index is 526. The van der Waals surface area contributed by atoms with Crippen molar-refractivity contribution in [1.82, 2.24) is 5.16 Å². The van der Waals surface area contributed by atoms with E-state index in [0.29, 0.717) is 23.6 Å². The largest absolute Gasteiger partial charge is 0.493 e. The highest BCUT2D eigenvalue weighted by Crippen LogP contribution is 2.30. The Labute approximate surface area is 93.1 Å². The molecule has 0 atom stereocenters. The SMILES string of the molecule is CCOc1ccccc1-c1nocc1C#N. The Morgan fingerprint density at radius 3 is 3.00 bits per heavy atom. The number of nitrogens with zero attached hydrogens (tertiary/aromatic N) is 2. The van der Waals surface area contributed by atoms with Gasteiger partial charge in [0.25, 0.3) is 0 Å².